The van der Waals surface area contributed by atoms with Gasteiger partial charge in [-0.05, 0) is 52.9 Å². The Morgan fingerprint density at radius 2 is 1.59 bits per heavy atom. The Labute approximate surface area is 131 Å². The van der Waals surface area contributed by atoms with Crippen molar-refractivity contribution in [2.24, 2.45) is 0 Å². The standard InChI is InChI=1S/C19H11ClO2/c20-15-8-6-12(7-9-15)17-11-14-10-13-4-2-1-3-5-16(13)18(14)19(21)22-17/h1-11H. The number of hydrogen-bond acceptors (Lipinski definition) is 2. The Morgan fingerprint density at radius 1 is 0.818 bits per heavy atom. The summed E-state index contributed by atoms with van der Waals surface area (Å²) in [5.41, 5.74) is 2.46. The molecule has 1 aromatic heterocycles. The Balaban J connectivity index is 2.01. The minimum Gasteiger partial charge on any atom is -0.422 e. The highest BCUT2D eigenvalue weighted by molar-refractivity contribution is 6.30. The van der Waals surface area contributed by atoms with Crippen LogP contribution < -0.4 is 5.63 Å². The Bertz CT molecular complexity index is 1000. The highest BCUT2D eigenvalue weighted by Gasteiger charge is 2.14. The van der Waals surface area contributed by atoms with Gasteiger partial charge >= 0.3 is 5.63 Å². The summed E-state index contributed by atoms with van der Waals surface area (Å²) in [5.74, 6) is 0.550. The van der Waals surface area contributed by atoms with Gasteiger partial charge in [0.25, 0.3) is 0 Å². The molecule has 22 heavy (non-hydrogen) atoms. The van der Waals surface area contributed by atoms with Crippen LogP contribution in [0.2, 0.25) is 5.02 Å². The van der Waals surface area contributed by atoms with Crippen LogP contribution in [0.25, 0.3) is 33.2 Å². The minimum atomic E-state index is -0.316. The summed E-state index contributed by atoms with van der Waals surface area (Å²) >= 11 is 5.90. The molecular weight excluding hydrogens is 296 g/mol. The van der Waals surface area contributed by atoms with E-state index in [1.165, 1.54) is 0 Å². The van der Waals surface area contributed by atoms with Crippen LogP contribution in [-0.2, 0) is 0 Å². The fraction of sp³-hybridized carbons (Fsp3) is 0. The van der Waals surface area contributed by atoms with Gasteiger partial charge < -0.3 is 4.42 Å². The van der Waals surface area contributed by atoms with E-state index in [9.17, 15) is 4.79 Å². The second kappa shape index (κ2) is 5.00. The maximum atomic E-state index is 12.4. The lowest BCUT2D eigenvalue weighted by Crippen LogP contribution is -1.99. The molecule has 0 aliphatic heterocycles. The first-order valence-corrected chi connectivity index (χ1v) is 7.32. The first kappa shape index (κ1) is 13.1. The summed E-state index contributed by atoms with van der Waals surface area (Å²) in [5, 5.41) is 2.17. The number of benzene rings is 1. The van der Waals surface area contributed by atoms with E-state index in [-0.39, 0.29) is 5.63 Å². The molecule has 1 heterocycles. The second-order valence-corrected chi connectivity index (χ2v) is 5.60. The molecule has 0 saturated heterocycles. The van der Waals surface area contributed by atoms with E-state index in [0.29, 0.717) is 16.2 Å². The van der Waals surface area contributed by atoms with Crippen molar-refractivity contribution >= 4 is 22.4 Å². The smallest absolute Gasteiger partial charge is 0.344 e. The SMILES string of the molecule is O=c1oc(-c2ccc(Cl)cc2)cc2cc3cccccc-3c12. The largest absolute Gasteiger partial charge is 0.422 e. The van der Waals surface area contributed by atoms with Gasteiger partial charge in [-0.3, -0.25) is 0 Å². The summed E-state index contributed by atoms with van der Waals surface area (Å²) in [6, 6.07) is 20.9. The molecule has 0 N–H and O–H groups in total. The van der Waals surface area contributed by atoms with E-state index in [1.807, 2.05) is 54.6 Å². The van der Waals surface area contributed by atoms with Crippen molar-refractivity contribution in [2.75, 3.05) is 0 Å². The molecule has 2 nitrogen and oxygen atoms in total. The van der Waals surface area contributed by atoms with Crippen molar-refractivity contribution in [3.05, 3.63) is 82.2 Å². The molecule has 0 spiro atoms. The van der Waals surface area contributed by atoms with Gasteiger partial charge in [0.1, 0.15) is 5.76 Å². The molecule has 0 saturated carbocycles. The van der Waals surface area contributed by atoms with Crippen molar-refractivity contribution in [3.63, 3.8) is 0 Å². The van der Waals surface area contributed by atoms with E-state index in [2.05, 4.69) is 0 Å². The highest BCUT2D eigenvalue weighted by atomic mass is 35.5. The molecule has 4 rings (SSSR count). The summed E-state index contributed by atoms with van der Waals surface area (Å²) < 4.78 is 5.51. The molecule has 0 unspecified atom stereocenters. The zero-order valence-electron chi connectivity index (χ0n) is 11.5. The van der Waals surface area contributed by atoms with E-state index >= 15 is 0 Å². The van der Waals surface area contributed by atoms with Crippen LogP contribution >= 0.6 is 11.6 Å². The summed E-state index contributed by atoms with van der Waals surface area (Å²) in [6.07, 6.45) is 0. The van der Waals surface area contributed by atoms with Crippen molar-refractivity contribution in [3.8, 4) is 22.5 Å². The molecule has 2 aliphatic carbocycles. The average molecular weight is 307 g/mol. The van der Waals surface area contributed by atoms with Crippen LogP contribution in [0.3, 0.4) is 0 Å². The van der Waals surface area contributed by atoms with E-state index in [1.54, 1.807) is 12.1 Å². The van der Waals surface area contributed by atoms with Crippen molar-refractivity contribution in [2.45, 2.75) is 0 Å². The lowest BCUT2D eigenvalue weighted by atomic mass is 10.1. The predicted molar refractivity (Wildman–Crippen MR) is 89.6 cm³/mol. The molecule has 0 atom stereocenters. The first-order chi connectivity index (χ1) is 10.7. The molecule has 0 bridgehead atoms. The Hall–Kier alpha value is -2.58. The molecular formula is C19H11ClO2. The number of hydrogen-bond donors (Lipinski definition) is 0. The number of rotatable bonds is 1. The third kappa shape index (κ3) is 2.09. The fourth-order valence-electron chi connectivity index (χ4n) is 2.73. The third-order valence-electron chi connectivity index (χ3n) is 3.76. The Kier molecular flexibility index (Phi) is 2.98. The van der Waals surface area contributed by atoms with Crippen LogP contribution in [0.15, 0.2) is 75.9 Å². The average Bonchev–Trinajstić information content (AvgIpc) is 2.70. The predicted octanol–water partition coefficient (Wildman–Crippen LogP) is 5.22. The molecule has 2 aliphatic rings. The van der Waals surface area contributed by atoms with Crippen LogP contribution in [0.4, 0.5) is 0 Å². The monoisotopic (exact) mass is 306 g/mol. The molecule has 0 amide bonds. The van der Waals surface area contributed by atoms with Gasteiger partial charge in [-0.15, -0.1) is 0 Å². The maximum Gasteiger partial charge on any atom is 0.344 e. The van der Waals surface area contributed by atoms with E-state index in [0.717, 1.165) is 22.1 Å². The number of fused-ring (bicyclic) bond motifs is 3. The normalized spacial score (nSPS) is 11.1. The van der Waals surface area contributed by atoms with Crippen LogP contribution in [0.1, 0.15) is 0 Å². The zero-order chi connectivity index (χ0) is 15.1. The quantitative estimate of drug-likeness (QED) is 0.483. The summed E-state index contributed by atoms with van der Waals surface area (Å²) in [7, 11) is 0. The number of halogens is 1. The van der Waals surface area contributed by atoms with Gasteiger partial charge in [0.15, 0.2) is 0 Å². The third-order valence-corrected chi connectivity index (χ3v) is 4.02. The van der Waals surface area contributed by atoms with E-state index < -0.39 is 0 Å². The zero-order valence-corrected chi connectivity index (χ0v) is 12.3. The van der Waals surface area contributed by atoms with Gasteiger partial charge in [0.2, 0.25) is 0 Å². The van der Waals surface area contributed by atoms with Crippen molar-refractivity contribution in [1.82, 2.24) is 0 Å². The summed E-state index contributed by atoms with van der Waals surface area (Å²) in [4.78, 5) is 12.4. The lowest BCUT2D eigenvalue weighted by Gasteiger charge is -2.01. The topological polar surface area (TPSA) is 30.2 Å². The van der Waals surface area contributed by atoms with Crippen molar-refractivity contribution in [1.29, 1.82) is 0 Å². The van der Waals surface area contributed by atoms with Gasteiger partial charge in [0.05, 0.1) is 5.39 Å². The van der Waals surface area contributed by atoms with E-state index in [4.69, 9.17) is 16.0 Å². The lowest BCUT2D eigenvalue weighted by molar-refractivity contribution is 0.535. The molecule has 3 heteroatoms. The van der Waals surface area contributed by atoms with Crippen LogP contribution in [0, 0.1) is 0 Å². The van der Waals surface area contributed by atoms with Gasteiger partial charge in [-0.1, -0.05) is 41.9 Å². The van der Waals surface area contributed by atoms with Crippen LogP contribution in [-0.4, -0.2) is 0 Å². The molecule has 2 aromatic rings. The van der Waals surface area contributed by atoms with Crippen molar-refractivity contribution < 1.29 is 4.42 Å². The van der Waals surface area contributed by atoms with Gasteiger partial charge in [-0.2, -0.15) is 0 Å². The second-order valence-electron chi connectivity index (χ2n) is 5.16. The summed E-state index contributed by atoms with van der Waals surface area (Å²) in [6.45, 7) is 0. The molecule has 0 fully saturated rings. The highest BCUT2D eigenvalue weighted by Crippen LogP contribution is 2.33. The van der Waals surface area contributed by atoms with Gasteiger partial charge in [0, 0.05) is 10.6 Å². The first-order valence-electron chi connectivity index (χ1n) is 6.94. The molecule has 1 aromatic carbocycles. The Morgan fingerprint density at radius 3 is 2.41 bits per heavy atom. The minimum absolute atomic E-state index is 0.316. The molecule has 106 valence electrons. The molecule has 0 radical (unpaired) electrons. The van der Waals surface area contributed by atoms with Gasteiger partial charge in [-0.25, -0.2) is 4.79 Å². The fourth-order valence-corrected chi connectivity index (χ4v) is 2.86. The van der Waals surface area contributed by atoms with Crippen LogP contribution in [0.5, 0.6) is 0 Å². The maximum absolute atomic E-state index is 12.4.